The van der Waals surface area contributed by atoms with E-state index in [0.29, 0.717) is 0 Å². The summed E-state index contributed by atoms with van der Waals surface area (Å²) in [4.78, 5) is 38.1. The highest BCUT2D eigenvalue weighted by Crippen LogP contribution is 2.22. The number of ether oxygens (including phenoxy) is 1. The zero-order chi connectivity index (χ0) is 17.4. The maximum atomic E-state index is 12.1. The van der Waals surface area contributed by atoms with E-state index in [1.807, 2.05) is 17.5 Å². The maximum Gasteiger partial charge on any atom is 0.308 e. The number of rotatable bonds is 6. The fourth-order valence-corrected chi connectivity index (χ4v) is 3.51. The van der Waals surface area contributed by atoms with Gasteiger partial charge in [0.15, 0.2) is 6.61 Å². The molecule has 1 saturated heterocycles. The second-order valence-electron chi connectivity index (χ2n) is 5.93. The molecule has 0 bridgehead atoms. The van der Waals surface area contributed by atoms with Gasteiger partial charge in [-0.2, -0.15) is 0 Å². The molecular weight excluding hydrogens is 328 g/mol. The van der Waals surface area contributed by atoms with E-state index in [4.69, 9.17) is 4.74 Å². The molecular formula is C17H24N2O4S. The number of esters is 1. The SMILES string of the molecule is CC(=O)NC(CC(=O)OCC(=O)N1CCCCCC1)c1cccs1. The van der Waals surface area contributed by atoms with E-state index >= 15 is 0 Å². The Bertz CT molecular complexity index is 551. The normalized spacial score (nSPS) is 16.1. The molecule has 0 radical (unpaired) electrons. The molecule has 1 aromatic rings. The van der Waals surface area contributed by atoms with Crippen LogP contribution in [-0.2, 0) is 19.1 Å². The fourth-order valence-electron chi connectivity index (χ4n) is 2.74. The lowest BCUT2D eigenvalue weighted by atomic mass is 10.1. The summed E-state index contributed by atoms with van der Waals surface area (Å²) < 4.78 is 5.13. The van der Waals surface area contributed by atoms with Gasteiger partial charge in [0.25, 0.3) is 5.91 Å². The Hall–Kier alpha value is -1.89. The Morgan fingerprint density at radius 1 is 1.25 bits per heavy atom. The second kappa shape index (κ2) is 9.42. The third-order valence-corrected chi connectivity index (χ3v) is 4.94. The Morgan fingerprint density at radius 3 is 2.54 bits per heavy atom. The van der Waals surface area contributed by atoms with Crippen molar-refractivity contribution < 1.29 is 19.1 Å². The highest BCUT2D eigenvalue weighted by Gasteiger charge is 2.21. The molecule has 7 heteroatoms. The number of carbonyl (C=O) groups is 3. The molecule has 6 nitrogen and oxygen atoms in total. The van der Waals surface area contributed by atoms with Gasteiger partial charge in [-0.25, -0.2) is 0 Å². The molecule has 0 spiro atoms. The molecule has 0 saturated carbocycles. The van der Waals surface area contributed by atoms with E-state index < -0.39 is 12.0 Å². The third kappa shape index (κ3) is 5.96. The molecule has 0 aliphatic carbocycles. The highest BCUT2D eigenvalue weighted by atomic mass is 32.1. The first-order valence-corrected chi connectivity index (χ1v) is 9.18. The van der Waals surface area contributed by atoms with E-state index in [1.54, 1.807) is 4.90 Å². The summed E-state index contributed by atoms with van der Waals surface area (Å²) in [6.45, 7) is 2.66. The van der Waals surface area contributed by atoms with E-state index in [-0.39, 0.29) is 24.8 Å². The van der Waals surface area contributed by atoms with E-state index in [9.17, 15) is 14.4 Å². The van der Waals surface area contributed by atoms with Crippen molar-refractivity contribution in [3.8, 4) is 0 Å². The molecule has 1 atom stereocenters. The van der Waals surface area contributed by atoms with Gasteiger partial charge < -0.3 is 15.0 Å². The third-order valence-electron chi connectivity index (χ3n) is 3.95. The molecule has 1 aliphatic rings. The number of carbonyl (C=O) groups excluding carboxylic acids is 3. The first-order chi connectivity index (χ1) is 11.6. The zero-order valence-electron chi connectivity index (χ0n) is 14.0. The van der Waals surface area contributed by atoms with Crippen molar-refractivity contribution in [2.75, 3.05) is 19.7 Å². The topological polar surface area (TPSA) is 75.7 Å². The maximum absolute atomic E-state index is 12.1. The summed E-state index contributed by atoms with van der Waals surface area (Å²) in [6.07, 6.45) is 4.31. The first-order valence-electron chi connectivity index (χ1n) is 8.30. The average Bonchev–Trinajstić information content (AvgIpc) is 2.94. The summed E-state index contributed by atoms with van der Waals surface area (Å²) >= 11 is 1.47. The Balaban J connectivity index is 1.82. The predicted octanol–water partition coefficient (Wildman–Crippen LogP) is 2.26. The minimum atomic E-state index is -0.481. The number of hydrogen-bond donors (Lipinski definition) is 1. The van der Waals surface area contributed by atoms with Crippen LogP contribution in [0.4, 0.5) is 0 Å². The first kappa shape index (κ1) is 18.4. The molecule has 1 unspecified atom stereocenters. The summed E-state index contributed by atoms with van der Waals surface area (Å²) in [7, 11) is 0. The van der Waals surface area contributed by atoms with Crippen molar-refractivity contribution >= 4 is 29.1 Å². The van der Waals surface area contributed by atoms with Crippen LogP contribution >= 0.6 is 11.3 Å². The van der Waals surface area contributed by atoms with Crippen LogP contribution in [0.15, 0.2) is 17.5 Å². The Kier molecular flexibility index (Phi) is 7.24. The second-order valence-corrected chi connectivity index (χ2v) is 6.91. The summed E-state index contributed by atoms with van der Waals surface area (Å²) in [5.74, 6) is -0.829. The number of thiophene rings is 1. The van der Waals surface area contributed by atoms with Crippen LogP contribution in [0, 0.1) is 0 Å². The standard InChI is InChI=1S/C17H24N2O4S/c1-13(20)18-14(15-7-6-10-24-15)11-17(22)23-12-16(21)19-8-4-2-3-5-9-19/h6-7,10,14H,2-5,8-9,11-12H2,1H3,(H,18,20). The van der Waals surface area contributed by atoms with Crippen LogP contribution in [0.5, 0.6) is 0 Å². The lowest BCUT2D eigenvalue weighted by molar-refractivity contribution is -0.152. The smallest absolute Gasteiger partial charge is 0.308 e. The average molecular weight is 352 g/mol. The molecule has 2 rings (SSSR count). The van der Waals surface area contributed by atoms with Crippen LogP contribution in [-0.4, -0.2) is 42.4 Å². The molecule has 1 aliphatic heterocycles. The molecule has 132 valence electrons. The van der Waals surface area contributed by atoms with Crippen LogP contribution in [0.2, 0.25) is 0 Å². The predicted molar refractivity (Wildman–Crippen MR) is 91.5 cm³/mol. The van der Waals surface area contributed by atoms with Crippen LogP contribution in [0.3, 0.4) is 0 Å². The van der Waals surface area contributed by atoms with Gasteiger partial charge in [0, 0.05) is 24.9 Å². The monoisotopic (exact) mass is 352 g/mol. The van der Waals surface area contributed by atoms with Crippen LogP contribution < -0.4 is 5.32 Å². The van der Waals surface area contributed by atoms with Crippen LogP contribution in [0.25, 0.3) is 0 Å². The molecule has 2 heterocycles. The highest BCUT2D eigenvalue weighted by molar-refractivity contribution is 7.10. The van der Waals surface area contributed by atoms with Crippen molar-refractivity contribution in [1.82, 2.24) is 10.2 Å². The van der Waals surface area contributed by atoms with Gasteiger partial charge in [-0.3, -0.25) is 14.4 Å². The lowest BCUT2D eigenvalue weighted by Gasteiger charge is -2.20. The van der Waals surface area contributed by atoms with Gasteiger partial charge in [-0.15, -0.1) is 11.3 Å². The Labute approximate surface area is 146 Å². The Morgan fingerprint density at radius 2 is 1.96 bits per heavy atom. The molecule has 1 fully saturated rings. The van der Waals surface area contributed by atoms with E-state index in [0.717, 1.165) is 43.6 Å². The van der Waals surface area contributed by atoms with E-state index in [2.05, 4.69) is 5.32 Å². The number of nitrogens with zero attached hydrogens (tertiary/aromatic N) is 1. The van der Waals surface area contributed by atoms with Crippen molar-refractivity contribution in [2.45, 2.75) is 45.1 Å². The summed E-state index contributed by atoms with van der Waals surface area (Å²) in [5.41, 5.74) is 0. The van der Waals surface area contributed by atoms with Crippen molar-refractivity contribution in [2.24, 2.45) is 0 Å². The molecule has 1 N–H and O–H groups in total. The zero-order valence-corrected chi connectivity index (χ0v) is 14.8. The van der Waals surface area contributed by atoms with Crippen LogP contribution in [0.1, 0.15) is 49.9 Å². The molecule has 1 aromatic heterocycles. The van der Waals surface area contributed by atoms with Gasteiger partial charge >= 0.3 is 5.97 Å². The van der Waals surface area contributed by atoms with E-state index in [1.165, 1.54) is 18.3 Å². The number of amides is 2. The summed E-state index contributed by atoms with van der Waals surface area (Å²) in [6, 6.07) is 3.31. The van der Waals surface area contributed by atoms with Gasteiger partial charge in [-0.1, -0.05) is 18.9 Å². The lowest BCUT2D eigenvalue weighted by Crippen LogP contribution is -2.36. The van der Waals surface area contributed by atoms with Crippen molar-refractivity contribution in [1.29, 1.82) is 0 Å². The minimum Gasteiger partial charge on any atom is -0.455 e. The number of likely N-dealkylation sites (tertiary alicyclic amines) is 1. The van der Waals surface area contributed by atoms with Crippen molar-refractivity contribution in [3.63, 3.8) is 0 Å². The molecule has 0 aromatic carbocycles. The largest absolute Gasteiger partial charge is 0.455 e. The van der Waals surface area contributed by atoms with Crippen molar-refractivity contribution in [3.05, 3.63) is 22.4 Å². The number of nitrogens with one attached hydrogen (secondary N) is 1. The van der Waals surface area contributed by atoms with Gasteiger partial charge in [0.05, 0.1) is 12.5 Å². The number of hydrogen-bond acceptors (Lipinski definition) is 5. The quantitative estimate of drug-likeness (QED) is 0.797. The molecule has 24 heavy (non-hydrogen) atoms. The van der Waals surface area contributed by atoms with Gasteiger partial charge in [0.2, 0.25) is 5.91 Å². The fraction of sp³-hybridized carbons (Fsp3) is 0.588. The molecule has 2 amide bonds. The van der Waals surface area contributed by atoms with Gasteiger partial charge in [0.1, 0.15) is 0 Å². The summed E-state index contributed by atoms with van der Waals surface area (Å²) in [5, 5.41) is 4.64. The van der Waals surface area contributed by atoms with Gasteiger partial charge in [-0.05, 0) is 24.3 Å². The minimum absolute atomic E-state index is 0.0212.